The zero-order valence-electron chi connectivity index (χ0n) is 11.0. The number of carbonyl (C=O) groups excluding carboxylic acids is 1. The van der Waals surface area contributed by atoms with E-state index in [9.17, 15) is 24.4 Å². The van der Waals surface area contributed by atoms with E-state index in [0.29, 0.717) is 0 Å². The Balaban J connectivity index is 2.14. The lowest BCUT2D eigenvalue weighted by Gasteiger charge is -2.14. The van der Waals surface area contributed by atoms with Crippen LogP contribution in [0.4, 0.5) is 10.1 Å². The number of nitro groups is 1. The molecule has 2 aromatic rings. The molecule has 0 saturated heterocycles. The first-order chi connectivity index (χ1) is 10.4. The predicted octanol–water partition coefficient (Wildman–Crippen LogP) is 2.50. The lowest BCUT2D eigenvalue weighted by atomic mass is 10.1. The number of nitrogens with one attached hydrogen (secondary N) is 1. The number of non-ortho nitro benzene ring substituents is 1. The zero-order chi connectivity index (χ0) is 16.3. The van der Waals surface area contributed by atoms with Gasteiger partial charge < -0.3 is 10.4 Å². The van der Waals surface area contributed by atoms with Crippen molar-refractivity contribution in [1.82, 2.24) is 5.32 Å². The Kier molecular flexibility index (Phi) is 4.71. The number of amides is 1. The van der Waals surface area contributed by atoms with E-state index in [1.54, 1.807) is 0 Å². The Bertz CT molecular complexity index is 752. The van der Waals surface area contributed by atoms with E-state index < -0.39 is 22.4 Å². The minimum absolute atomic E-state index is 0.0979. The fourth-order valence-electron chi connectivity index (χ4n) is 1.76. The van der Waals surface area contributed by atoms with Gasteiger partial charge in [-0.2, -0.15) is 0 Å². The number of rotatable bonds is 4. The van der Waals surface area contributed by atoms with Crippen LogP contribution in [0, 0.1) is 15.9 Å². The van der Waals surface area contributed by atoms with Crippen molar-refractivity contribution in [2.75, 3.05) is 0 Å². The molecule has 0 heterocycles. The van der Waals surface area contributed by atoms with Gasteiger partial charge in [-0.25, -0.2) is 4.39 Å². The van der Waals surface area contributed by atoms with Crippen molar-refractivity contribution in [2.24, 2.45) is 0 Å². The van der Waals surface area contributed by atoms with Gasteiger partial charge in [0.2, 0.25) is 0 Å². The first kappa shape index (κ1) is 15.9. The van der Waals surface area contributed by atoms with E-state index in [0.717, 1.165) is 30.3 Å². The molecule has 2 rings (SSSR count). The molecule has 8 heteroatoms. The third kappa shape index (κ3) is 3.59. The third-order valence-corrected chi connectivity index (χ3v) is 3.53. The number of carbonyl (C=O) groups is 1. The van der Waals surface area contributed by atoms with Gasteiger partial charge in [0.05, 0.1) is 10.5 Å². The Morgan fingerprint density at radius 3 is 2.64 bits per heavy atom. The smallest absolute Gasteiger partial charge is 0.269 e. The molecule has 22 heavy (non-hydrogen) atoms. The molecule has 0 unspecified atom stereocenters. The summed E-state index contributed by atoms with van der Waals surface area (Å²) in [6.45, 7) is -0.164. The molecule has 0 spiro atoms. The predicted molar refractivity (Wildman–Crippen MR) is 77.8 cm³/mol. The van der Waals surface area contributed by atoms with Crippen molar-refractivity contribution in [2.45, 2.75) is 6.54 Å². The Labute approximate surface area is 132 Å². The summed E-state index contributed by atoms with van der Waals surface area (Å²) in [5.74, 6) is -1.44. The molecule has 0 saturated carbocycles. The largest absolute Gasteiger partial charge is 0.872 e. The van der Waals surface area contributed by atoms with Crippen LogP contribution in [0.2, 0.25) is 0 Å². The molecule has 0 aliphatic carbocycles. The van der Waals surface area contributed by atoms with Crippen LogP contribution in [0.1, 0.15) is 15.9 Å². The summed E-state index contributed by atoms with van der Waals surface area (Å²) in [4.78, 5) is 22.0. The lowest BCUT2D eigenvalue weighted by molar-refractivity contribution is -0.385. The molecule has 114 valence electrons. The Morgan fingerprint density at radius 1 is 1.27 bits per heavy atom. The molecule has 0 aliphatic rings. The van der Waals surface area contributed by atoms with Gasteiger partial charge in [0.1, 0.15) is 5.82 Å². The van der Waals surface area contributed by atoms with Gasteiger partial charge >= 0.3 is 0 Å². The monoisotopic (exact) mass is 367 g/mol. The fourth-order valence-corrected chi connectivity index (χ4v) is 2.29. The molecule has 1 N–H and O–H groups in total. The van der Waals surface area contributed by atoms with Gasteiger partial charge in [-0.05, 0) is 39.7 Å². The average molecular weight is 368 g/mol. The summed E-state index contributed by atoms with van der Waals surface area (Å²) in [5.41, 5.74) is 0.0619. The van der Waals surface area contributed by atoms with E-state index in [4.69, 9.17) is 0 Å². The molecule has 0 radical (unpaired) electrons. The second kappa shape index (κ2) is 6.52. The molecule has 1 amide bonds. The zero-order valence-corrected chi connectivity index (χ0v) is 12.6. The number of hydrogen-bond donors (Lipinski definition) is 1. The van der Waals surface area contributed by atoms with Crippen LogP contribution >= 0.6 is 15.9 Å². The SMILES string of the molecule is O=C(NCc1cc([N+](=O)[O-])ccc1[O-])c1ccc(F)cc1Br. The van der Waals surface area contributed by atoms with Crippen molar-refractivity contribution in [3.63, 3.8) is 0 Å². The maximum absolute atomic E-state index is 13.0. The Morgan fingerprint density at radius 2 is 2.00 bits per heavy atom. The molecule has 0 aromatic heterocycles. The second-order valence-corrected chi connectivity index (χ2v) is 5.21. The fraction of sp³-hybridized carbons (Fsp3) is 0.0714. The van der Waals surface area contributed by atoms with E-state index in [2.05, 4.69) is 21.2 Å². The van der Waals surface area contributed by atoms with Crippen LogP contribution in [0.3, 0.4) is 0 Å². The van der Waals surface area contributed by atoms with Gasteiger partial charge in [-0.3, -0.25) is 14.9 Å². The average Bonchev–Trinajstić information content (AvgIpc) is 2.45. The second-order valence-electron chi connectivity index (χ2n) is 4.36. The van der Waals surface area contributed by atoms with E-state index in [1.807, 2.05) is 0 Å². The van der Waals surface area contributed by atoms with Crippen molar-refractivity contribution in [1.29, 1.82) is 0 Å². The molecule has 2 aromatic carbocycles. The van der Waals surface area contributed by atoms with Crippen LogP contribution in [-0.2, 0) is 6.54 Å². The Hall–Kier alpha value is -2.48. The first-order valence-electron chi connectivity index (χ1n) is 6.06. The normalized spacial score (nSPS) is 10.3. The minimum Gasteiger partial charge on any atom is -0.872 e. The summed E-state index contributed by atoms with van der Waals surface area (Å²) in [6.07, 6.45) is 0. The third-order valence-electron chi connectivity index (χ3n) is 2.87. The van der Waals surface area contributed by atoms with Gasteiger partial charge in [-0.1, -0.05) is 6.07 Å². The highest BCUT2D eigenvalue weighted by Crippen LogP contribution is 2.21. The van der Waals surface area contributed by atoms with Crippen LogP contribution in [-0.4, -0.2) is 10.8 Å². The molecule has 6 nitrogen and oxygen atoms in total. The van der Waals surface area contributed by atoms with Crippen molar-refractivity contribution >= 4 is 27.5 Å². The number of nitrogens with zero attached hydrogens (tertiary/aromatic N) is 1. The van der Waals surface area contributed by atoms with Crippen LogP contribution in [0.25, 0.3) is 0 Å². The number of halogens is 2. The van der Waals surface area contributed by atoms with Crippen molar-refractivity contribution in [3.05, 3.63) is 67.9 Å². The van der Waals surface area contributed by atoms with E-state index in [1.165, 1.54) is 6.07 Å². The lowest BCUT2D eigenvalue weighted by Crippen LogP contribution is -2.23. The van der Waals surface area contributed by atoms with E-state index in [-0.39, 0.29) is 27.8 Å². The number of nitro benzene ring substituents is 1. The quantitative estimate of drug-likeness (QED) is 0.663. The summed E-state index contributed by atoms with van der Waals surface area (Å²) < 4.78 is 13.2. The summed E-state index contributed by atoms with van der Waals surface area (Å²) in [5, 5.41) is 24.8. The highest BCUT2D eigenvalue weighted by Gasteiger charge is 2.12. The molecule has 0 fully saturated rings. The van der Waals surface area contributed by atoms with E-state index >= 15 is 0 Å². The summed E-state index contributed by atoms with van der Waals surface area (Å²) in [7, 11) is 0. The van der Waals surface area contributed by atoms with Crippen molar-refractivity contribution < 1.29 is 19.2 Å². The number of hydrogen-bond acceptors (Lipinski definition) is 4. The van der Waals surface area contributed by atoms with Crippen LogP contribution in [0.15, 0.2) is 40.9 Å². The highest BCUT2D eigenvalue weighted by atomic mass is 79.9. The maximum atomic E-state index is 13.0. The van der Waals surface area contributed by atoms with Gasteiger partial charge in [-0.15, -0.1) is 5.75 Å². The molecule has 0 aliphatic heterocycles. The van der Waals surface area contributed by atoms with Crippen LogP contribution < -0.4 is 10.4 Å². The number of benzene rings is 2. The van der Waals surface area contributed by atoms with Crippen LogP contribution in [0.5, 0.6) is 5.75 Å². The van der Waals surface area contributed by atoms with Crippen molar-refractivity contribution in [3.8, 4) is 5.75 Å². The van der Waals surface area contributed by atoms with Gasteiger partial charge in [0.25, 0.3) is 11.6 Å². The summed E-state index contributed by atoms with van der Waals surface area (Å²) >= 11 is 3.07. The molecule has 0 atom stereocenters. The maximum Gasteiger partial charge on any atom is 0.269 e. The summed E-state index contributed by atoms with van der Waals surface area (Å²) in [6, 6.07) is 6.85. The molecular formula is C14H9BrFN2O4-. The minimum atomic E-state index is -0.624. The molecule has 0 bridgehead atoms. The highest BCUT2D eigenvalue weighted by molar-refractivity contribution is 9.10. The first-order valence-corrected chi connectivity index (χ1v) is 6.85. The topological polar surface area (TPSA) is 95.3 Å². The molecular weight excluding hydrogens is 359 g/mol. The standard InChI is InChI=1S/C14H10BrFN2O4/c15-12-6-9(16)1-3-11(12)14(20)17-7-8-5-10(18(21)22)2-4-13(8)19/h1-6,19H,7H2,(H,17,20)/p-1. The van der Waals surface area contributed by atoms with Gasteiger partial charge in [0, 0.05) is 23.2 Å². The van der Waals surface area contributed by atoms with Gasteiger partial charge in [0.15, 0.2) is 0 Å².